The number of aliphatic hydroxyl groups is 1. The highest BCUT2D eigenvalue weighted by atomic mass is 16.5. The summed E-state index contributed by atoms with van der Waals surface area (Å²) in [7, 11) is 0. The molecule has 4 nitrogen and oxygen atoms in total. The molecule has 2 heterocycles. The summed E-state index contributed by atoms with van der Waals surface area (Å²) in [6.45, 7) is 4.66. The van der Waals surface area contributed by atoms with E-state index in [2.05, 4.69) is 22.9 Å². The van der Waals surface area contributed by atoms with Crippen molar-refractivity contribution >= 4 is 16.6 Å². The number of hydrogen-bond acceptors (Lipinski definition) is 4. The Balaban J connectivity index is 2.04. The maximum absolute atomic E-state index is 9.41. The summed E-state index contributed by atoms with van der Waals surface area (Å²) in [6.07, 6.45) is 1.31. The topological polar surface area (TPSA) is 45.6 Å². The van der Waals surface area contributed by atoms with Gasteiger partial charge in [-0.1, -0.05) is 25.1 Å². The molecule has 20 heavy (non-hydrogen) atoms. The number of para-hydroxylation sites is 1. The quantitative estimate of drug-likeness (QED) is 0.931. The Hall–Kier alpha value is -1.65. The van der Waals surface area contributed by atoms with Gasteiger partial charge in [-0.15, -0.1) is 0 Å². The first kappa shape index (κ1) is 13.3. The molecule has 1 saturated heterocycles. The van der Waals surface area contributed by atoms with E-state index >= 15 is 0 Å². The Kier molecular flexibility index (Phi) is 3.85. The lowest BCUT2D eigenvalue weighted by Crippen LogP contribution is -2.42. The highest BCUT2D eigenvalue weighted by Crippen LogP contribution is 2.28. The van der Waals surface area contributed by atoms with Gasteiger partial charge in [0.1, 0.15) is 0 Å². The zero-order chi connectivity index (χ0) is 13.9. The first-order valence-electron chi connectivity index (χ1n) is 7.18. The summed E-state index contributed by atoms with van der Waals surface area (Å²) >= 11 is 0. The monoisotopic (exact) mass is 272 g/mol. The van der Waals surface area contributed by atoms with E-state index < -0.39 is 0 Å². The summed E-state index contributed by atoms with van der Waals surface area (Å²) in [4.78, 5) is 6.83. The third-order valence-electron chi connectivity index (χ3n) is 3.84. The van der Waals surface area contributed by atoms with Crippen molar-refractivity contribution in [2.24, 2.45) is 0 Å². The third-order valence-corrected chi connectivity index (χ3v) is 3.84. The molecule has 1 unspecified atom stereocenters. The van der Waals surface area contributed by atoms with E-state index in [4.69, 9.17) is 4.74 Å². The number of morpholine rings is 1. The van der Waals surface area contributed by atoms with Gasteiger partial charge in [0.15, 0.2) is 0 Å². The van der Waals surface area contributed by atoms with Crippen LogP contribution in [0.4, 0.5) is 5.69 Å². The number of rotatable bonds is 3. The fourth-order valence-electron chi connectivity index (χ4n) is 2.74. The molecule has 2 aromatic rings. The zero-order valence-corrected chi connectivity index (χ0v) is 11.7. The Bertz CT molecular complexity index is 600. The summed E-state index contributed by atoms with van der Waals surface area (Å²) < 4.78 is 5.74. The maximum atomic E-state index is 9.41. The van der Waals surface area contributed by atoms with Crippen LogP contribution >= 0.6 is 0 Å². The molecule has 0 saturated carbocycles. The molecule has 1 aromatic heterocycles. The van der Waals surface area contributed by atoms with E-state index in [0.29, 0.717) is 0 Å². The molecule has 1 N–H and O–H groups in total. The van der Waals surface area contributed by atoms with Crippen molar-refractivity contribution < 1.29 is 9.84 Å². The van der Waals surface area contributed by atoms with Crippen molar-refractivity contribution in [3.05, 3.63) is 36.0 Å². The van der Waals surface area contributed by atoms with Gasteiger partial charge < -0.3 is 14.7 Å². The number of nitrogens with zero attached hydrogens (tertiary/aromatic N) is 2. The van der Waals surface area contributed by atoms with E-state index in [1.165, 1.54) is 0 Å². The van der Waals surface area contributed by atoms with Gasteiger partial charge in [0.05, 0.1) is 30.5 Å². The lowest BCUT2D eigenvalue weighted by Gasteiger charge is -2.35. The summed E-state index contributed by atoms with van der Waals surface area (Å²) in [5, 5.41) is 10.6. The Morgan fingerprint density at radius 3 is 3.05 bits per heavy atom. The molecule has 1 aromatic carbocycles. The lowest BCUT2D eigenvalue weighted by molar-refractivity contribution is 0.0385. The lowest BCUT2D eigenvalue weighted by atomic mass is 10.1. The summed E-state index contributed by atoms with van der Waals surface area (Å²) in [5.41, 5.74) is 2.81. The van der Waals surface area contributed by atoms with Crippen molar-refractivity contribution in [2.75, 3.05) is 24.6 Å². The standard InChI is InChI=1S/C16H20N2O2/c1-2-13-10-18(7-8-20-13)16-9-12(11-19)17-15-6-4-3-5-14(15)16/h3-6,9,13,19H,2,7-8,10-11H2,1H3. The van der Waals surface area contributed by atoms with Crippen molar-refractivity contribution in [2.45, 2.75) is 26.1 Å². The molecular weight excluding hydrogens is 252 g/mol. The van der Waals surface area contributed by atoms with Crippen LogP contribution in [-0.2, 0) is 11.3 Å². The van der Waals surface area contributed by atoms with Gasteiger partial charge in [0.2, 0.25) is 0 Å². The molecular formula is C16H20N2O2. The largest absolute Gasteiger partial charge is 0.390 e. The van der Waals surface area contributed by atoms with Crippen LogP contribution in [0.2, 0.25) is 0 Å². The van der Waals surface area contributed by atoms with E-state index in [9.17, 15) is 5.11 Å². The molecule has 0 amide bonds. The minimum atomic E-state index is -0.0284. The maximum Gasteiger partial charge on any atom is 0.0854 e. The number of ether oxygens (including phenoxy) is 1. The summed E-state index contributed by atoms with van der Waals surface area (Å²) in [5.74, 6) is 0. The van der Waals surface area contributed by atoms with E-state index in [0.717, 1.165) is 48.4 Å². The molecule has 1 aliphatic rings. The fraction of sp³-hybridized carbons (Fsp3) is 0.438. The first-order chi connectivity index (χ1) is 9.81. The number of aromatic nitrogens is 1. The van der Waals surface area contributed by atoms with Crippen LogP contribution in [0.25, 0.3) is 10.9 Å². The molecule has 0 radical (unpaired) electrons. The molecule has 1 fully saturated rings. The SMILES string of the molecule is CCC1CN(c2cc(CO)nc3ccccc23)CCO1. The minimum Gasteiger partial charge on any atom is -0.390 e. The van der Waals surface area contributed by atoms with Crippen molar-refractivity contribution in [3.8, 4) is 0 Å². The molecule has 0 spiro atoms. The van der Waals surface area contributed by atoms with Crippen LogP contribution in [0.15, 0.2) is 30.3 Å². The number of aliphatic hydroxyl groups excluding tert-OH is 1. The Morgan fingerprint density at radius 2 is 2.25 bits per heavy atom. The predicted molar refractivity (Wildman–Crippen MR) is 79.9 cm³/mol. The van der Waals surface area contributed by atoms with Gasteiger partial charge in [-0.05, 0) is 18.6 Å². The molecule has 0 aliphatic carbocycles. The second kappa shape index (κ2) is 5.77. The average molecular weight is 272 g/mol. The van der Waals surface area contributed by atoms with Crippen molar-refractivity contribution in [1.82, 2.24) is 4.98 Å². The molecule has 4 heteroatoms. The van der Waals surface area contributed by atoms with Crippen LogP contribution in [0.5, 0.6) is 0 Å². The second-order valence-corrected chi connectivity index (χ2v) is 5.16. The highest BCUT2D eigenvalue weighted by molar-refractivity contribution is 5.92. The molecule has 1 atom stereocenters. The van der Waals surface area contributed by atoms with Gasteiger partial charge in [-0.2, -0.15) is 0 Å². The van der Waals surface area contributed by atoms with Crippen LogP contribution in [0, 0.1) is 0 Å². The van der Waals surface area contributed by atoms with E-state index in [-0.39, 0.29) is 12.7 Å². The number of fused-ring (bicyclic) bond motifs is 1. The van der Waals surface area contributed by atoms with E-state index in [1.54, 1.807) is 0 Å². The molecule has 106 valence electrons. The summed E-state index contributed by atoms with van der Waals surface area (Å²) in [6, 6.07) is 10.1. The molecule has 0 bridgehead atoms. The zero-order valence-electron chi connectivity index (χ0n) is 11.7. The van der Waals surface area contributed by atoms with Crippen molar-refractivity contribution in [1.29, 1.82) is 0 Å². The van der Waals surface area contributed by atoms with Gasteiger partial charge in [-0.25, -0.2) is 0 Å². The van der Waals surface area contributed by atoms with Gasteiger partial charge in [0.25, 0.3) is 0 Å². The third kappa shape index (κ3) is 2.49. The fourth-order valence-corrected chi connectivity index (χ4v) is 2.74. The average Bonchev–Trinajstić information content (AvgIpc) is 2.53. The number of benzene rings is 1. The van der Waals surface area contributed by atoms with Crippen LogP contribution in [0.1, 0.15) is 19.0 Å². The predicted octanol–water partition coefficient (Wildman–Crippen LogP) is 2.34. The highest BCUT2D eigenvalue weighted by Gasteiger charge is 2.21. The van der Waals surface area contributed by atoms with Gasteiger partial charge in [0, 0.05) is 24.2 Å². The van der Waals surface area contributed by atoms with Crippen LogP contribution < -0.4 is 4.90 Å². The number of anilines is 1. The smallest absolute Gasteiger partial charge is 0.0854 e. The van der Waals surface area contributed by atoms with Crippen LogP contribution in [-0.4, -0.2) is 35.9 Å². The minimum absolute atomic E-state index is 0.0284. The van der Waals surface area contributed by atoms with Crippen molar-refractivity contribution in [3.63, 3.8) is 0 Å². The van der Waals surface area contributed by atoms with E-state index in [1.807, 2.05) is 24.3 Å². The first-order valence-corrected chi connectivity index (χ1v) is 7.18. The van der Waals surface area contributed by atoms with Crippen LogP contribution in [0.3, 0.4) is 0 Å². The Labute approximate surface area is 119 Å². The molecule has 1 aliphatic heterocycles. The second-order valence-electron chi connectivity index (χ2n) is 5.16. The van der Waals surface area contributed by atoms with Gasteiger partial charge in [-0.3, -0.25) is 4.98 Å². The molecule has 3 rings (SSSR count). The number of hydrogen-bond donors (Lipinski definition) is 1. The normalized spacial score (nSPS) is 19.5. The van der Waals surface area contributed by atoms with Gasteiger partial charge >= 0.3 is 0 Å². The number of pyridine rings is 1. The Morgan fingerprint density at radius 1 is 1.40 bits per heavy atom.